The Morgan fingerprint density at radius 1 is 1.07 bits per heavy atom. The maximum absolute atomic E-state index is 13.0. The highest BCUT2D eigenvalue weighted by Gasteiger charge is 2.35. The smallest absolute Gasteiger partial charge is 0.416 e. The maximum Gasteiger partial charge on any atom is 0.416 e. The number of nitrogens with one attached hydrogen (secondary N) is 3. The number of anilines is 1. The molecule has 2 heterocycles. The minimum atomic E-state index is -4.47. The first-order chi connectivity index (χ1) is 19.3. The monoisotopic (exact) mass is 578 g/mol. The largest absolute Gasteiger partial charge is 0.445 e. The molecule has 0 bridgehead atoms. The topological polar surface area (TPSA) is 152 Å². The summed E-state index contributed by atoms with van der Waals surface area (Å²) in [6.07, 6.45) is -2.61. The normalized spacial score (nSPS) is 13.3. The Morgan fingerprint density at radius 3 is 2.37 bits per heavy atom. The summed E-state index contributed by atoms with van der Waals surface area (Å²) in [4.78, 5) is 38.3. The van der Waals surface area contributed by atoms with Crippen LogP contribution >= 0.6 is 0 Å². The van der Waals surface area contributed by atoms with Crippen LogP contribution in [0.15, 0.2) is 40.9 Å². The third kappa shape index (κ3) is 8.63. The van der Waals surface area contributed by atoms with Gasteiger partial charge < -0.3 is 19.8 Å². The van der Waals surface area contributed by atoms with Crippen LogP contribution in [0.3, 0.4) is 0 Å². The zero-order valence-corrected chi connectivity index (χ0v) is 23.2. The minimum absolute atomic E-state index is 0.00970. The van der Waals surface area contributed by atoms with E-state index in [2.05, 4.69) is 31.0 Å². The fraction of sp³-hybridized carbons (Fsp3) is 0.481. The molecule has 0 radical (unpaired) electrons. The number of hydrogen-bond acceptors (Lipinski definition) is 8. The van der Waals surface area contributed by atoms with Crippen molar-refractivity contribution in [3.8, 4) is 11.5 Å². The van der Waals surface area contributed by atoms with Crippen molar-refractivity contribution < 1.29 is 36.7 Å². The minimum Gasteiger partial charge on any atom is -0.445 e. The predicted molar refractivity (Wildman–Crippen MR) is 141 cm³/mol. The number of rotatable bonds is 13. The third-order valence-electron chi connectivity index (χ3n) is 6.75. The van der Waals surface area contributed by atoms with Gasteiger partial charge >= 0.3 is 12.3 Å². The van der Waals surface area contributed by atoms with Gasteiger partial charge in [0.05, 0.1) is 18.2 Å². The molecule has 3 aromatic rings. The average Bonchev–Trinajstić information content (AvgIpc) is 3.62. The summed E-state index contributed by atoms with van der Waals surface area (Å²) in [5, 5.41) is 19.1. The van der Waals surface area contributed by atoms with Crippen LogP contribution in [-0.2, 0) is 26.9 Å². The van der Waals surface area contributed by atoms with Crippen molar-refractivity contribution in [2.45, 2.75) is 78.1 Å². The second kappa shape index (κ2) is 13.4. The number of H-pyrrole nitrogens is 1. The van der Waals surface area contributed by atoms with Gasteiger partial charge in [-0.3, -0.25) is 14.7 Å². The van der Waals surface area contributed by atoms with Gasteiger partial charge in [0.2, 0.25) is 17.6 Å². The highest BCUT2D eigenvalue weighted by atomic mass is 19.4. The van der Waals surface area contributed by atoms with Crippen molar-refractivity contribution in [3.63, 3.8) is 0 Å². The molecule has 14 heteroatoms. The molecule has 0 aliphatic heterocycles. The summed E-state index contributed by atoms with van der Waals surface area (Å²) in [5.74, 6) is -1.39. The van der Waals surface area contributed by atoms with Crippen molar-refractivity contribution in [1.29, 1.82) is 0 Å². The Balaban J connectivity index is 1.71. The van der Waals surface area contributed by atoms with E-state index < -0.39 is 47.1 Å². The number of alkyl halides is 3. The molecule has 0 aliphatic carbocycles. The number of Topliss-reactive ketones (excluding diaryl/α,β-unsaturated/α-hetero) is 1. The number of benzene rings is 1. The molecule has 0 fully saturated rings. The molecule has 11 nitrogen and oxygen atoms in total. The lowest BCUT2D eigenvalue weighted by atomic mass is 9.82. The van der Waals surface area contributed by atoms with Crippen molar-refractivity contribution in [1.82, 2.24) is 25.7 Å². The van der Waals surface area contributed by atoms with E-state index in [4.69, 9.17) is 9.15 Å². The van der Waals surface area contributed by atoms with E-state index in [-0.39, 0.29) is 30.4 Å². The summed E-state index contributed by atoms with van der Waals surface area (Å²) in [5.41, 5.74) is -1.08. The number of carbonyl (C=O) groups excluding carboxylic acids is 3. The lowest BCUT2D eigenvalue weighted by Gasteiger charge is -2.32. The van der Waals surface area contributed by atoms with E-state index in [1.165, 1.54) is 24.4 Å². The summed E-state index contributed by atoms with van der Waals surface area (Å²) in [6, 6.07) is 4.65. The van der Waals surface area contributed by atoms with Gasteiger partial charge in [0.25, 0.3) is 5.91 Å². The van der Waals surface area contributed by atoms with Crippen LogP contribution in [0.2, 0.25) is 0 Å². The zero-order valence-electron chi connectivity index (χ0n) is 23.2. The number of aromatic amines is 1. The van der Waals surface area contributed by atoms with E-state index in [1.807, 2.05) is 27.7 Å². The lowest BCUT2D eigenvalue weighted by molar-refractivity contribution is -0.137. The number of ether oxygens (including phenoxy) is 1. The van der Waals surface area contributed by atoms with E-state index in [1.54, 1.807) is 0 Å². The number of hydrogen-bond donors (Lipinski definition) is 3. The molecule has 0 spiro atoms. The van der Waals surface area contributed by atoms with Gasteiger partial charge in [-0.05, 0) is 37.1 Å². The van der Waals surface area contributed by atoms with Gasteiger partial charge in [0, 0.05) is 17.0 Å². The number of nitrogens with zero attached hydrogens (tertiary/aromatic N) is 3. The first kappa shape index (κ1) is 31.3. The Hall–Kier alpha value is -4.23. The molecule has 0 unspecified atom stereocenters. The Bertz CT molecular complexity index is 1310. The molecular weight excluding hydrogens is 545 g/mol. The number of unbranched alkanes of at least 4 members (excludes halogenated alkanes) is 1. The molecule has 1 aromatic carbocycles. The fourth-order valence-electron chi connectivity index (χ4n) is 3.77. The van der Waals surface area contributed by atoms with Crippen LogP contribution in [0, 0.1) is 5.41 Å². The van der Waals surface area contributed by atoms with Crippen molar-refractivity contribution in [2.75, 3.05) is 5.32 Å². The number of halogens is 3. The zero-order chi connectivity index (χ0) is 30.2. The number of alkyl carbamates (subject to hydrolysis) is 1. The van der Waals surface area contributed by atoms with Gasteiger partial charge in [-0.1, -0.05) is 40.5 Å². The third-order valence-corrected chi connectivity index (χ3v) is 6.75. The van der Waals surface area contributed by atoms with E-state index in [0.29, 0.717) is 18.4 Å². The molecule has 3 N–H and O–H groups in total. The number of amides is 2. The van der Waals surface area contributed by atoms with Gasteiger partial charge in [-0.25, -0.2) is 4.79 Å². The summed E-state index contributed by atoms with van der Waals surface area (Å²) < 4.78 is 50.0. The number of aromatic nitrogens is 4. The van der Waals surface area contributed by atoms with Crippen molar-refractivity contribution >= 4 is 23.6 Å². The molecule has 0 saturated heterocycles. The average molecular weight is 579 g/mol. The SMILES string of the molecule is CCCC[C@H](NC(=O)O[C@@H](Cc1nnc(-c2ccc(C(F)(F)F)cc2)o1)C(C)(C)CC)C(=O)C(=O)Nc1ccn[nH]1. The van der Waals surface area contributed by atoms with Gasteiger partial charge in [-0.2, -0.15) is 18.3 Å². The number of carbonyl (C=O) groups is 3. The highest BCUT2D eigenvalue weighted by Crippen LogP contribution is 2.32. The highest BCUT2D eigenvalue weighted by molar-refractivity contribution is 6.42. The quantitative estimate of drug-likeness (QED) is 0.231. The summed E-state index contributed by atoms with van der Waals surface area (Å²) >= 11 is 0. The van der Waals surface area contributed by atoms with Crippen molar-refractivity contribution in [3.05, 3.63) is 48.0 Å². The molecular formula is C27H33F3N6O5. The lowest BCUT2D eigenvalue weighted by Crippen LogP contribution is -2.48. The van der Waals surface area contributed by atoms with Gasteiger partial charge in [0.1, 0.15) is 18.0 Å². The molecule has 0 aliphatic rings. The second-order valence-electron chi connectivity index (χ2n) is 10.1. The van der Waals surface area contributed by atoms with E-state index in [9.17, 15) is 27.6 Å². The van der Waals surface area contributed by atoms with E-state index >= 15 is 0 Å². The second-order valence-corrected chi connectivity index (χ2v) is 10.1. The molecule has 3 rings (SSSR count). The Kier molecular flexibility index (Phi) is 10.2. The van der Waals surface area contributed by atoms with Gasteiger partial charge in [0.15, 0.2) is 0 Å². The number of ketones is 1. The molecule has 2 aromatic heterocycles. The molecule has 41 heavy (non-hydrogen) atoms. The van der Waals surface area contributed by atoms with Crippen LogP contribution in [0.4, 0.5) is 23.8 Å². The summed E-state index contributed by atoms with van der Waals surface area (Å²) in [7, 11) is 0. The molecule has 2 amide bonds. The Morgan fingerprint density at radius 2 is 1.78 bits per heavy atom. The van der Waals surface area contributed by atoms with Crippen LogP contribution in [0.5, 0.6) is 0 Å². The molecule has 222 valence electrons. The molecule has 2 atom stereocenters. The first-order valence-electron chi connectivity index (χ1n) is 13.2. The summed E-state index contributed by atoms with van der Waals surface area (Å²) in [6.45, 7) is 7.56. The van der Waals surface area contributed by atoms with Gasteiger partial charge in [-0.15, -0.1) is 10.2 Å². The van der Waals surface area contributed by atoms with E-state index in [0.717, 1.165) is 18.6 Å². The standard InChI is InChI=1S/C27H33F3N6O5/c1-5-7-8-18(22(37)23(38)33-20-13-14-31-34-20)32-25(39)40-19(26(3,4)6-2)15-21-35-36-24(41-21)16-9-11-17(12-10-16)27(28,29)30/h9-14,18-19H,5-8,15H2,1-4H3,(H,32,39)(H2,31,33,34,38)/t18-,19-/m0/s1. The van der Waals surface area contributed by atoms with Crippen molar-refractivity contribution in [2.24, 2.45) is 5.41 Å². The fourth-order valence-corrected chi connectivity index (χ4v) is 3.77. The predicted octanol–water partition coefficient (Wildman–Crippen LogP) is 5.32. The van der Waals surface area contributed by atoms with Crippen LogP contribution in [-0.4, -0.2) is 50.3 Å². The maximum atomic E-state index is 13.0. The van der Waals surface area contributed by atoms with Crippen LogP contribution in [0.25, 0.3) is 11.5 Å². The molecule has 0 saturated carbocycles. The van der Waals surface area contributed by atoms with Crippen LogP contribution in [0.1, 0.15) is 64.8 Å². The Labute approximate surface area is 234 Å². The van der Waals surface area contributed by atoms with Crippen LogP contribution < -0.4 is 10.6 Å². The first-order valence-corrected chi connectivity index (χ1v) is 13.2.